The molecule has 2 amide bonds. The van der Waals surface area contributed by atoms with Crippen LogP contribution in [0.1, 0.15) is 30.5 Å². The van der Waals surface area contributed by atoms with Crippen molar-refractivity contribution in [1.82, 2.24) is 0 Å². The van der Waals surface area contributed by atoms with Crippen LogP contribution < -0.4 is 4.90 Å². The Hall–Kier alpha value is -1.75. The summed E-state index contributed by atoms with van der Waals surface area (Å²) in [6, 6.07) is 10.5. The zero-order valence-corrected chi connectivity index (χ0v) is 17.8. The fraction of sp³-hybridized carbons (Fsp3) is 0.238. The number of amides is 2. The maximum Gasteiger partial charge on any atom is 0.272 e. The fourth-order valence-corrected chi connectivity index (χ4v) is 4.41. The van der Waals surface area contributed by atoms with E-state index in [1.165, 1.54) is 11.8 Å². The Kier molecular flexibility index (Phi) is 5.71. The van der Waals surface area contributed by atoms with E-state index in [1.807, 2.05) is 45.9 Å². The largest absolute Gasteiger partial charge is 0.272 e. The van der Waals surface area contributed by atoms with E-state index in [1.54, 1.807) is 18.2 Å². The summed E-state index contributed by atoms with van der Waals surface area (Å²) in [4.78, 5) is 28.0. The highest BCUT2D eigenvalue weighted by molar-refractivity contribution is 8.04. The van der Waals surface area contributed by atoms with Crippen LogP contribution in [0.3, 0.4) is 0 Å². The summed E-state index contributed by atoms with van der Waals surface area (Å²) in [7, 11) is 0. The van der Waals surface area contributed by atoms with E-state index in [0.29, 0.717) is 26.2 Å². The van der Waals surface area contributed by atoms with E-state index >= 15 is 0 Å². The van der Waals surface area contributed by atoms with Crippen LogP contribution >= 0.6 is 35.0 Å². The maximum atomic E-state index is 13.3. The van der Waals surface area contributed by atoms with Gasteiger partial charge in [0.15, 0.2) is 0 Å². The van der Waals surface area contributed by atoms with Crippen LogP contribution in [0, 0.1) is 13.8 Å². The molecular formula is C21H19Cl2NO2S. The third-order valence-corrected chi connectivity index (χ3v) is 5.82. The number of hydrogen-bond acceptors (Lipinski definition) is 3. The molecular weight excluding hydrogens is 401 g/mol. The number of imide groups is 1. The molecule has 0 fully saturated rings. The number of rotatable bonds is 4. The first kappa shape index (κ1) is 20.0. The quantitative estimate of drug-likeness (QED) is 0.567. The molecule has 140 valence electrons. The molecule has 1 heterocycles. The van der Waals surface area contributed by atoms with Crippen LogP contribution in [-0.2, 0) is 9.59 Å². The summed E-state index contributed by atoms with van der Waals surface area (Å²) < 4.78 is 0. The molecule has 3 nitrogen and oxygen atoms in total. The number of halogens is 2. The molecule has 0 bridgehead atoms. The fourth-order valence-electron chi connectivity index (χ4n) is 2.91. The molecule has 1 aliphatic rings. The molecule has 0 radical (unpaired) electrons. The molecule has 0 saturated heterocycles. The van der Waals surface area contributed by atoms with Gasteiger partial charge in [0.1, 0.15) is 0 Å². The van der Waals surface area contributed by atoms with Crippen LogP contribution in [-0.4, -0.2) is 17.1 Å². The van der Waals surface area contributed by atoms with Crippen LogP contribution in [0.25, 0.3) is 5.57 Å². The van der Waals surface area contributed by atoms with Gasteiger partial charge in [-0.05, 0) is 48.7 Å². The first-order valence-electron chi connectivity index (χ1n) is 8.52. The van der Waals surface area contributed by atoms with Gasteiger partial charge < -0.3 is 0 Å². The molecule has 6 heteroatoms. The van der Waals surface area contributed by atoms with Gasteiger partial charge in [-0.1, -0.05) is 55.2 Å². The molecule has 0 N–H and O–H groups in total. The van der Waals surface area contributed by atoms with E-state index in [9.17, 15) is 9.59 Å². The summed E-state index contributed by atoms with van der Waals surface area (Å²) >= 11 is 13.6. The number of aryl methyl sites for hydroxylation is 2. The van der Waals surface area contributed by atoms with Crippen molar-refractivity contribution in [2.75, 3.05) is 4.90 Å². The molecule has 0 atom stereocenters. The highest BCUT2D eigenvalue weighted by Crippen LogP contribution is 2.41. The van der Waals surface area contributed by atoms with Gasteiger partial charge in [-0.3, -0.25) is 9.59 Å². The lowest BCUT2D eigenvalue weighted by Gasteiger charge is -2.16. The number of thioether (sulfide) groups is 1. The monoisotopic (exact) mass is 419 g/mol. The van der Waals surface area contributed by atoms with Crippen molar-refractivity contribution in [2.45, 2.75) is 32.9 Å². The van der Waals surface area contributed by atoms with Crippen molar-refractivity contribution in [3.8, 4) is 0 Å². The first-order chi connectivity index (χ1) is 12.7. The second kappa shape index (κ2) is 7.70. The molecule has 3 rings (SSSR count). The molecule has 2 aromatic rings. The lowest BCUT2D eigenvalue weighted by Crippen LogP contribution is -2.31. The molecule has 0 unspecified atom stereocenters. The summed E-state index contributed by atoms with van der Waals surface area (Å²) in [5.41, 5.74) is 3.75. The van der Waals surface area contributed by atoms with E-state index in [2.05, 4.69) is 0 Å². The topological polar surface area (TPSA) is 37.4 Å². The van der Waals surface area contributed by atoms with E-state index < -0.39 is 0 Å². The van der Waals surface area contributed by atoms with E-state index in [-0.39, 0.29) is 17.1 Å². The average molecular weight is 420 g/mol. The predicted molar refractivity (Wildman–Crippen MR) is 115 cm³/mol. The third kappa shape index (κ3) is 3.93. The number of anilines is 1. The van der Waals surface area contributed by atoms with Crippen molar-refractivity contribution in [3.05, 3.63) is 68.0 Å². The number of nitrogens with zero attached hydrogens (tertiary/aromatic N) is 1. The van der Waals surface area contributed by atoms with Crippen molar-refractivity contribution in [2.24, 2.45) is 0 Å². The standard InChI is InChI=1S/C21H19Cl2NO2S/c1-11(2)27-19-18(14-6-5-12(3)13(4)7-14)20(25)24(21(19)26)17-9-15(22)8-16(23)10-17/h5-11H,1-4H3. The number of carbonyl (C=O) groups is 2. The van der Waals surface area contributed by atoms with Gasteiger partial charge in [0.05, 0.1) is 16.2 Å². The lowest BCUT2D eigenvalue weighted by atomic mass is 10.0. The Bertz CT molecular complexity index is 962. The van der Waals surface area contributed by atoms with Crippen molar-refractivity contribution >= 4 is 58.0 Å². The summed E-state index contributed by atoms with van der Waals surface area (Å²) in [5, 5.41) is 0.896. The van der Waals surface area contributed by atoms with Crippen molar-refractivity contribution in [1.29, 1.82) is 0 Å². The van der Waals surface area contributed by atoms with Gasteiger partial charge in [0, 0.05) is 15.3 Å². The zero-order chi connectivity index (χ0) is 19.9. The Morgan fingerprint density at radius 3 is 2.07 bits per heavy atom. The highest BCUT2D eigenvalue weighted by Gasteiger charge is 2.40. The van der Waals surface area contributed by atoms with Crippen LogP contribution in [0.15, 0.2) is 41.3 Å². The van der Waals surface area contributed by atoms with Crippen LogP contribution in [0.2, 0.25) is 10.0 Å². The Morgan fingerprint density at radius 2 is 1.52 bits per heavy atom. The summed E-state index contributed by atoms with van der Waals surface area (Å²) in [5.74, 6) is -0.699. The van der Waals surface area contributed by atoms with Crippen LogP contribution in [0.4, 0.5) is 5.69 Å². The maximum absolute atomic E-state index is 13.3. The minimum absolute atomic E-state index is 0.154. The van der Waals surface area contributed by atoms with Gasteiger partial charge in [-0.15, -0.1) is 11.8 Å². The van der Waals surface area contributed by atoms with Gasteiger partial charge in [-0.2, -0.15) is 0 Å². The molecule has 27 heavy (non-hydrogen) atoms. The average Bonchev–Trinajstić information content (AvgIpc) is 2.79. The first-order valence-corrected chi connectivity index (χ1v) is 10.2. The summed E-state index contributed by atoms with van der Waals surface area (Å²) in [6.45, 7) is 7.99. The number of benzene rings is 2. The second-order valence-corrected chi connectivity index (χ2v) is 9.20. The molecule has 0 spiro atoms. The second-order valence-electron chi connectivity index (χ2n) is 6.74. The molecule has 0 saturated carbocycles. The zero-order valence-electron chi connectivity index (χ0n) is 15.5. The highest BCUT2D eigenvalue weighted by atomic mass is 35.5. The number of hydrogen-bond donors (Lipinski definition) is 0. The Morgan fingerprint density at radius 1 is 0.889 bits per heavy atom. The smallest absolute Gasteiger partial charge is 0.268 e. The van der Waals surface area contributed by atoms with Gasteiger partial charge in [0.25, 0.3) is 11.8 Å². The molecule has 0 aromatic heterocycles. The van der Waals surface area contributed by atoms with Crippen LogP contribution in [0.5, 0.6) is 0 Å². The van der Waals surface area contributed by atoms with Crippen molar-refractivity contribution in [3.63, 3.8) is 0 Å². The van der Waals surface area contributed by atoms with E-state index in [4.69, 9.17) is 23.2 Å². The van der Waals surface area contributed by atoms with E-state index in [0.717, 1.165) is 21.6 Å². The third-order valence-electron chi connectivity index (χ3n) is 4.30. The predicted octanol–water partition coefficient (Wildman–Crippen LogP) is 6.04. The van der Waals surface area contributed by atoms with Gasteiger partial charge >= 0.3 is 0 Å². The SMILES string of the molecule is Cc1ccc(C2=C(SC(C)C)C(=O)N(c3cc(Cl)cc(Cl)c3)C2=O)cc1C. The summed E-state index contributed by atoms with van der Waals surface area (Å²) in [6.07, 6.45) is 0. The van der Waals surface area contributed by atoms with Gasteiger partial charge in [0.2, 0.25) is 0 Å². The lowest BCUT2D eigenvalue weighted by molar-refractivity contribution is -0.119. The minimum atomic E-state index is -0.357. The number of carbonyl (C=O) groups excluding carboxylic acids is 2. The normalized spacial score (nSPS) is 14.7. The molecule has 1 aliphatic heterocycles. The minimum Gasteiger partial charge on any atom is -0.268 e. The van der Waals surface area contributed by atoms with Crippen molar-refractivity contribution < 1.29 is 9.59 Å². The molecule has 0 aliphatic carbocycles. The Balaban J connectivity index is 2.15. The molecule has 2 aromatic carbocycles. The van der Waals surface area contributed by atoms with Gasteiger partial charge in [-0.25, -0.2) is 4.90 Å². The Labute approximate surface area is 173 Å².